The number of fused-ring (bicyclic) bond motifs is 1. The van der Waals surface area contributed by atoms with Crippen LogP contribution < -0.4 is 0 Å². The number of benzene rings is 2. The van der Waals surface area contributed by atoms with E-state index in [1.165, 1.54) is 11.1 Å². The first-order valence-corrected chi connectivity index (χ1v) is 10.4. The van der Waals surface area contributed by atoms with Crippen LogP contribution in [0.15, 0.2) is 42.5 Å². The van der Waals surface area contributed by atoms with E-state index in [9.17, 15) is 4.79 Å². The maximum absolute atomic E-state index is 12.6. The van der Waals surface area contributed by atoms with E-state index >= 15 is 0 Å². The van der Waals surface area contributed by atoms with Crippen LogP contribution in [0.2, 0.25) is 10.0 Å². The molecule has 3 nitrogen and oxygen atoms in total. The van der Waals surface area contributed by atoms with Gasteiger partial charge in [0.1, 0.15) is 0 Å². The second-order valence-corrected chi connectivity index (χ2v) is 8.33. The van der Waals surface area contributed by atoms with E-state index < -0.39 is 0 Å². The molecular formula is C22H24Cl2N2O. The third-order valence-electron chi connectivity index (χ3n) is 5.80. The fraction of sp³-hybridized carbons (Fsp3) is 0.409. The maximum Gasteiger partial charge on any atom is 0.222 e. The average molecular weight is 403 g/mol. The van der Waals surface area contributed by atoms with Gasteiger partial charge < -0.3 is 4.90 Å². The Hall–Kier alpha value is -1.55. The summed E-state index contributed by atoms with van der Waals surface area (Å²) >= 11 is 12.0. The topological polar surface area (TPSA) is 23.6 Å². The second-order valence-electron chi connectivity index (χ2n) is 7.52. The van der Waals surface area contributed by atoms with Crippen LogP contribution in [-0.2, 0) is 24.2 Å². The summed E-state index contributed by atoms with van der Waals surface area (Å²) in [6, 6.07) is 14.8. The van der Waals surface area contributed by atoms with E-state index in [2.05, 4.69) is 29.2 Å². The fourth-order valence-corrected chi connectivity index (χ4v) is 4.52. The number of aryl methyl sites for hydroxylation is 1. The standard InChI is InChI=1S/C22H24Cl2N2O/c23-20-7-5-16(13-21(20)24)6-8-22(27)26-12-10-19(15-26)25-11-9-17-3-1-2-4-18(17)14-25/h1-5,7,13,19H,6,8-12,14-15H2. The van der Waals surface area contributed by atoms with Gasteiger partial charge in [0.15, 0.2) is 0 Å². The summed E-state index contributed by atoms with van der Waals surface area (Å²) in [4.78, 5) is 17.2. The molecular weight excluding hydrogens is 379 g/mol. The Balaban J connectivity index is 1.30. The summed E-state index contributed by atoms with van der Waals surface area (Å²) in [5.41, 5.74) is 3.97. The smallest absolute Gasteiger partial charge is 0.222 e. The largest absolute Gasteiger partial charge is 0.341 e. The Morgan fingerprint density at radius 3 is 2.67 bits per heavy atom. The van der Waals surface area contributed by atoms with Gasteiger partial charge in [0.2, 0.25) is 5.91 Å². The van der Waals surface area contributed by atoms with Crippen molar-refractivity contribution in [3.63, 3.8) is 0 Å². The molecule has 0 N–H and O–H groups in total. The number of rotatable bonds is 4. The molecule has 2 aliphatic rings. The van der Waals surface area contributed by atoms with Gasteiger partial charge >= 0.3 is 0 Å². The number of carbonyl (C=O) groups is 1. The molecule has 2 aliphatic heterocycles. The third-order valence-corrected chi connectivity index (χ3v) is 6.54. The summed E-state index contributed by atoms with van der Waals surface area (Å²) in [6.07, 6.45) is 3.40. The Kier molecular flexibility index (Phi) is 5.72. The number of nitrogens with zero attached hydrogens (tertiary/aromatic N) is 2. The number of hydrogen-bond donors (Lipinski definition) is 0. The molecule has 2 aromatic rings. The minimum Gasteiger partial charge on any atom is -0.341 e. The van der Waals surface area contributed by atoms with Gasteiger partial charge in [-0.1, -0.05) is 53.5 Å². The molecule has 4 rings (SSSR count). The molecule has 2 heterocycles. The Labute approximate surface area is 170 Å². The van der Waals surface area contributed by atoms with Crippen molar-refractivity contribution in [2.45, 2.75) is 38.3 Å². The van der Waals surface area contributed by atoms with Crippen molar-refractivity contribution < 1.29 is 4.79 Å². The lowest BCUT2D eigenvalue weighted by atomic mass is 9.98. The minimum absolute atomic E-state index is 0.237. The van der Waals surface area contributed by atoms with Crippen LogP contribution in [0.25, 0.3) is 0 Å². The van der Waals surface area contributed by atoms with E-state index in [-0.39, 0.29) is 5.91 Å². The van der Waals surface area contributed by atoms with Crippen LogP contribution in [-0.4, -0.2) is 41.4 Å². The van der Waals surface area contributed by atoms with Crippen LogP contribution in [0.3, 0.4) is 0 Å². The Morgan fingerprint density at radius 1 is 1.04 bits per heavy atom. The monoisotopic (exact) mass is 402 g/mol. The summed E-state index contributed by atoms with van der Waals surface area (Å²) in [6.45, 7) is 3.81. The van der Waals surface area contributed by atoms with Gasteiger partial charge in [0, 0.05) is 38.6 Å². The molecule has 1 fully saturated rings. The van der Waals surface area contributed by atoms with Gasteiger partial charge in [-0.25, -0.2) is 0 Å². The maximum atomic E-state index is 12.6. The van der Waals surface area contributed by atoms with Crippen molar-refractivity contribution in [3.8, 4) is 0 Å². The van der Waals surface area contributed by atoms with E-state index in [4.69, 9.17) is 23.2 Å². The van der Waals surface area contributed by atoms with Crippen LogP contribution in [0.1, 0.15) is 29.5 Å². The SMILES string of the molecule is O=C(CCc1ccc(Cl)c(Cl)c1)N1CCC(N2CCc3ccccc3C2)C1. The van der Waals surface area contributed by atoms with Crippen LogP contribution in [0.5, 0.6) is 0 Å². The summed E-state index contributed by atoms with van der Waals surface area (Å²) in [7, 11) is 0. The predicted octanol–water partition coefficient (Wildman–Crippen LogP) is 4.59. The van der Waals surface area contributed by atoms with Crippen molar-refractivity contribution in [1.29, 1.82) is 0 Å². The predicted molar refractivity (Wildman–Crippen MR) is 110 cm³/mol. The van der Waals surface area contributed by atoms with Crippen LogP contribution in [0.4, 0.5) is 0 Å². The minimum atomic E-state index is 0.237. The molecule has 0 radical (unpaired) electrons. The molecule has 1 atom stereocenters. The van der Waals surface area contributed by atoms with E-state index in [1.807, 2.05) is 17.0 Å². The number of amides is 1. The molecule has 27 heavy (non-hydrogen) atoms. The molecule has 0 aromatic heterocycles. The first-order valence-electron chi connectivity index (χ1n) is 9.62. The van der Waals surface area contributed by atoms with Crippen LogP contribution in [0, 0.1) is 0 Å². The summed E-state index contributed by atoms with van der Waals surface area (Å²) < 4.78 is 0. The molecule has 2 aromatic carbocycles. The van der Waals surface area contributed by atoms with Crippen molar-refractivity contribution in [1.82, 2.24) is 9.80 Å². The Bertz CT molecular complexity index is 839. The lowest BCUT2D eigenvalue weighted by Gasteiger charge is -2.33. The van der Waals surface area contributed by atoms with E-state index in [0.717, 1.165) is 44.6 Å². The molecule has 1 unspecified atom stereocenters. The van der Waals surface area contributed by atoms with Crippen molar-refractivity contribution in [3.05, 3.63) is 69.2 Å². The van der Waals surface area contributed by atoms with Gasteiger partial charge in [-0.3, -0.25) is 9.69 Å². The quantitative estimate of drug-likeness (QED) is 0.746. The highest BCUT2D eigenvalue weighted by Gasteiger charge is 2.31. The second kappa shape index (κ2) is 8.22. The molecule has 1 saturated heterocycles. The van der Waals surface area contributed by atoms with E-state index in [1.54, 1.807) is 6.07 Å². The average Bonchev–Trinajstić information content (AvgIpc) is 3.18. The molecule has 5 heteroatoms. The van der Waals surface area contributed by atoms with Gasteiger partial charge in [-0.05, 0) is 48.1 Å². The van der Waals surface area contributed by atoms with E-state index in [0.29, 0.717) is 28.9 Å². The normalized spacial score (nSPS) is 19.9. The first-order chi connectivity index (χ1) is 13.1. The van der Waals surface area contributed by atoms with Gasteiger partial charge in [-0.15, -0.1) is 0 Å². The summed E-state index contributed by atoms with van der Waals surface area (Å²) in [5.74, 6) is 0.237. The molecule has 1 amide bonds. The molecule has 0 spiro atoms. The van der Waals surface area contributed by atoms with Crippen molar-refractivity contribution in [2.24, 2.45) is 0 Å². The number of carbonyl (C=O) groups excluding carboxylic acids is 1. The highest BCUT2D eigenvalue weighted by atomic mass is 35.5. The zero-order valence-corrected chi connectivity index (χ0v) is 16.8. The number of hydrogen-bond acceptors (Lipinski definition) is 2. The summed E-state index contributed by atoms with van der Waals surface area (Å²) in [5, 5.41) is 1.10. The molecule has 0 saturated carbocycles. The molecule has 0 bridgehead atoms. The molecule has 142 valence electrons. The van der Waals surface area contributed by atoms with Gasteiger partial charge in [0.05, 0.1) is 10.0 Å². The number of likely N-dealkylation sites (tertiary alicyclic amines) is 1. The first kappa shape index (κ1) is 18.8. The molecule has 0 aliphatic carbocycles. The van der Waals surface area contributed by atoms with Gasteiger partial charge in [-0.2, -0.15) is 0 Å². The lowest BCUT2D eigenvalue weighted by molar-refractivity contribution is -0.130. The lowest BCUT2D eigenvalue weighted by Crippen LogP contribution is -2.41. The van der Waals surface area contributed by atoms with Crippen molar-refractivity contribution >= 4 is 29.1 Å². The number of halogens is 2. The fourth-order valence-electron chi connectivity index (χ4n) is 4.20. The van der Waals surface area contributed by atoms with Crippen molar-refractivity contribution in [2.75, 3.05) is 19.6 Å². The zero-order chi connectivity index (χ0) is 18.8. The Morgan fingerprint density at radius 2 is 1.85 bits per heavy atom. The zero-order valence-electron chi connectivity index (χ0n) is 15.3. The highest BCUT2D eigenvalue weighted by molar-refractivity contribution is 6.42. The third kappa shape index (κ3) is 4.31. The van der Waals surface area contributed by atoms with Gasteiger partial charge in [0.25, 0.3) is 0 Å². The highest BCUT2D eigenvalue weighted by Crippen LogP contribution is 2.26. The van der Waals surface area contributed by atoms with Crippen LogP contribution >= 0.6 is 23.2 Å².